The summed E-state index contributed by atoms with van der Waals surface area (Å²) in [6, 6.07) is 0. The number of carboxylic acid groups (broad SMARTS) is 1. The fraction of sp³-hybridized carbons (Fsp3) is 0.964. The highest BCUT2D eigenvalue weighted by Crippen LogP contribution is 2.16. The lowest BCUT2D eigenvalue weighted by atomic mass is 10.0. The summed E-state index contributed by atoms with van der Waals surface area (Å²) in [5.41, 5.74) is 0. The summed E-state index contributed by atoms with van der Waals surface area (Å²) < 4.78 is 0. The van der Waals surface area contributed by atoms with E-state index in [1.165, 1.54) is 122 Å². The van der Waals surface area contributed by atoms with Crippen molar-refractivity contribution in [3.8, 4) is 0 Å². The van der Waals surface area contributed by atoms with Crippen LogP contribution in [-0.2, 0) is 4.79 Å². The van der Waals surface area contributed by atoms with E-state index in [4.69, 9.17) is 5.11 Å². The number of unbranched alkanes of at least 4 members (excludes halogenated alkanes) is 19. The van der Waals surface area contributed by atoms with Gasteiger partial charge >= 0.3 is 5.97 Å². The van der Waals surface area contributed by atoms with Crippen LogP contribution in [-0.4, -0.2) is 22.3 Å². The van der Waals surface area contributed by atoms with Gasteiger partial charge in [0.1, 0.15) is 0 Å². The van der Waals surface area contributed by atoms with E-state index < -0.39 is 12.1 Å². The first-order valence-corrected chi connectivity index (χ1v) is 13.9. The topological polar surface area (TPSA) is 57.5 Å². The first-order chi connectivity index (χ1) is 15.0. The standard InChI is InChI=1S/C28H56O3/c1-26(2)23-21-19-17-15-13-11-9-7-5-3-4-6-8-10-12-14-16-18-20-22-24-27(29)25-28(30)31/h26-27,29H,3-25H2,1-2H3,(H,30,31). The van der Waals surface area contributed by atoms with Crippen LogP contribution in [0, 0.1) is 5.92 Å². The summed E-state index contributed by atoms with van der Waals surface area (Å²) in [4.78, 5) is 10.5. The van der Waals surface area contributed by atoms with Gasteiger partial charge < -0.3 is 10.2 Å². The van der Waals surface area contributed by atoms with Crippen molar-refractivity contribution in [2.45, 2.75) is 168 Å². The first-order valence-electron chi connectivity index (χ1n) is 13.9. The minimum Gasteiger partial charge on any atom is -0.481 e. The van der Waals surface area contributed by atoms with E-state index >= 15 is 0 Å². The van der Waals surface area contributed by atoms with Crippen molar-refractivity contribution in [2.24, 2.45) is 5.92 Å². The fourth-order valence-corrected chi connectivity index (χ4v) is 4.42. The van der Waals surface area contributed by atoms with Crippen LogP contribution < -0.4 is 0 Å². The Labute approximate surface area is 194 Å². The molecule has 0 bridgehead atoms. The zero-order chi connectivity index (χ0) is 23.0. The van der Waals surface area contributed by atoms with Crippen LogP contribution in [0.1, 0.15) is 162 Å². The molecule has 0 radical (unpaired) electrons. The predicted octanol–water partition coefficient (Wildman–Crippen LogP) is 9.06. The Morgan fingerprint density at radius 1 is 0.516 bits per heavy atom. The molecule has 0 spiro atoms. The Kier molecular flexibility index (Phi) is 23.6. The molecule has 0 aromatic heterocycles. The summed E-state index contributed by atoms with van der Waals surface area (Å²) in [7, 11) is 0. The predicted molar refractivity (Wildman–Crippen MR) is 135 cm³/mol. The summed E-state index contributed by atoms with van der Waals surface area (Å²) in [6.45, 7) is 4.66. The third kappa shape index (κ3) is 27.4. The second-order valence-corrected chi connectivity index (χ2v) is 10.3. The second-order valence-electron chi connectivity index (χ2n) is 10.3. The smallest absolute Gasteiger partial charge is 0.305 e. The van der Waals surface area contributed by atoms with Gasteiger partial charge in [-0.3, -0.25) is 4.79 Å². The zero-order valence-electron chi connectivity index (χ0n) is 21.2. The third-order valence-corrected chi connectivity index (χ3v) is 6.48. The number of aliphatic carboxylic acids is 1. The number of hydrogen-bond acceptors (Lipinski definition) is 2. The molecular formula is C28H56O3. The maximum absolute atomic E-state index is 10.5. The Morgan fingerprint density at radius 3 is 1.03 bits per heavy atom. The quantitative estimate of drug-likeness (QED) is 0.139. The van der Waals surface area contributed by atoms with Gasteiger partial charge in [-0.2, -0.15) is 0 Å². The fourth-order valence-electron chi connectivity index (χ4n) is 4.42. The van der Waals surface area contributed by atoms with Crippen molar-refractivity contribution >= 4 is 5.97 Å². The Balaban J connectivity index is 3.07. The highest BCUT2D eigenvalue weighted by atomic mass is 16.4. The van der Waals surface area contributed by atoms with E-state index in [0.29, 0.717) is 6.42 Å². The van der Waals surface area contributed by atoms with Gasteiger partial charge in [0.25, 0.3) is 0 Å². The lowest BCUT2D eigenvalue weighted by Crippen LogP contribution is -2.12. The molecule has 0 heterocycles. The molecule has 0 aromatic rings. The number of rotatable bonds is 25. The van der Waals surface area contributed by atoms with Crippen LogP contribution in [0.2, 0.25) is 0 Å². The lowest BCUT2D eigenvalue weighted by Gasteiger charge is -2.07. The number of carboxylic acids is 1. The van der Waals surface area contributed by atoms with Gasteiger partial charge in [0.2, 0.25) is 0 Å². The van der Waals surface area contributed by atoms with Crippen LogP contribution >= 0.6 is 0 Å². The van der Waals surface area contributed by atoms with Gasteiger partial charge in [-0.1, -0.05) is 149 Å². The lowest BCUT2D eigenvalue weighted by molar-refractivity contribution is -0.139. The molecule has 3 heteroatoms. The molecule has 2 N–H and O–H groups in total. The molecule has 0 aliphatic carbocycles. The number of carbonyl (C=O) groups is 1. The Hall–Kier alpha value is -0.570. The molecular weight excluding hydrogens is 384 g/mol. The maximum Gasteiger partial charge on any atom is 0.305 e. The molecule has 0 aromatic carbocycles. The van der Waals surface area contributed by atoms with Crippen LogP contribution in [0.15, 0.2) is 0 Å². The minimum absolute atomic E-state index is 0.112. The molecule has 0 aliphatic rings. The summed E-state index contributed by atoms with van der Waals surface area (Å²) in [5, 5.41) is 18.1. The van der Waals surface area contributed by atoms with E-state index in [0.717, 1.165) is 18.8 Å². The van der Waals surface area contributed by atoms with Gasteiger partial charge in [-0.15, -0.1) is 0 Å². The van der Waals surface area contributed by atoms with Gasteiger partial charge in [0, 0.05) is 0 Å². The summed E-state index contributed by atoms with van der Waals surface area (Å²) in [6.07, 6.45) is 28.6. The molecule has 0 saturated heterocycles. The van der Waals surface area contributed by atoms with Crippen molar-refractivity contribution in [2.75, 3.05) is 0 Å². The molecule has 0 aliphatic heterocycles. The molecule has 31 heavy (non-hydrogen) atoms. The van der Waals surface area contributed by atoms with Gasteiger partial charge in [0.15, 0.2) is 0 Å². The van der Waals surface area contributed by atoms with E-state index in [1.54, 1.807) is 0 Å². The number of hydrogen-bond donors (Lipinski definition) is 2. The van der Waals surface area contributed by atoms with E-state index in [9.17, 15) is 9.90 Å². The molecule has 1 unspecified atom stereocenters. The van der Waals surface area contributed by atoms with E-state index in [-0.39, 0.29) is 6.42 Å². The highest BCUT2D eigenvalue weighted by molar-refractivity contribution is 5.67. The van der Waals surface area contributed by atoms with Gasteiger partial charge in [-0.05, 0) is 12.3 Å². The third-order valence-electron chi connectivity index (χ3n) is 6.48. The highest BCUT2D eigenvalue weighted by Gasteiger charge is 2.08. The molecule has 0 fully saturated rings. The Bertz CT molecular complexity index is 367. The number of aliphatic hydroxyl groups is 1. The van der Waals surface area contributed by atoms with Crippen molar-refractivity contribution in [1.82, 2.24) is 0 Å². The molecule has 186 valence electrons. The minimum atomic E-state index is -0.902. The zero-order valence-corrected chi connectivity index (χ0v) is 21.2. The van der Waals surface area contributed by atoms with Crippen LogP contribution in [0.3, 0.4) is 0 Å². The average molecular weight is 441 g/mol. The second kappa shape index (κ2) is 24.1. The SMILES string of the molecule is CC(C)CCCCCCCCCCCCCCCCCCCCCCC(O)CC(=O)O. The first kappa shape index (κ1) is 30.4. The summed E-state index contributed by atoms with van der Waals surface area (Å²) >= 11 is 0. The van der Waals surface area contributed by atoms with Crippen molar-refractivity contribution in [3.63, 3.8) is 0 Å². The maximum atomic E-state index is 10.5. The molecule has 0 amide bonds. The Morgan fingerprint density at radius 2 is 0.774 bits per heavy atom. The summed E-state index contributed by atoms with van der Waals surface area (Å²) in [5.74, 6) is -0.0246. The van der Waals surface area contributed by atoms with E-state index in [2.05, 4.69) is 13.8 Å². The normalized spacial score (nSPS) is 12.5. The number of aliphatic hydroxyl groups excluding tert-OH is 1. The van der Waals surface area contributed by atoms with E-state index in [1.807, 2.05) is 0 Å². The van der Waals surface area contributed by atoms with Crippen molar-refractivity contribution in [1.29, 1.82) is 0 Å². The molecule has 0 saturated carbocycles. The largest absolute Gasteiger partial charge is 0.481 e. The monoisotopic (exact) mass is 440 g/mol. The van der Waals surface area contributed by atoms with Crippen molar-refractivity contribution in [3.05, 3.63) is 0 Å². The van der Waals surface area contributed by atoms with Crippen LogP contribution in [0.25, 0.3) is 0 Å². The van der Waals surface area contributed by atoms with Crippen LogP contribution in [0.5, 0.6) is 0 Å². The average Bonchev–Trinajstić information content (AvgIpc) is 2.71. The van der Waals surface area contributed by atoms with Crippen molar-refractivity contribution < 1.29 is 15.0 Å². The van der Waals surface area contributed by atoms with Crippen LogP contribution in [0.4, 0.5) is 0 Å². The van der Waals surface area contributed by atoms with Gasteiger partial charge in [0.05, 0.1) is 12.5 Å². The molecule has 3 nitrogen and oxygen atoms in total. The van der Waals surface area contributed by atoms with Gasteiger partial charge in [-0.25, -0.2) is 0 Å². The molecule has 0 rings (SSSR count). The molecule has 1 atom stereocenters.